The van der Waals surface area contributed by atoms with Crippen LogP contribution in [0.25, 0.3) is 0 Å². The molecule has 146 valence electrons. The van der Waals surface area contributed by atoms with E-state index in [2.05, 4.69) is 5.32 Å². The van der Waals surface area contributed by atoms with Crippen LogP contribution >= 0.6 is 12.4 Å². The molecule has 1 aromatic heterocycles. The monoisotopic (exact) mass is 383 g/mol. The Morgan fingerprint density at radius 2 is 1.96 bits per heavy atom. The van der Waals surface area contributed by atoms with Crippen LogP contribution in [0.3, 0.4) is 0 Å². The second kappa shape index (κ2) is 9.97. The average Bonchev–Trinajstić information content (AvgIpc) is 3.20. The first-order chi connectivity index (χ1) is 12.2. The Labute approximate surface area is 161 Å². The number of hydrogen-bond donors (Lipinski definition) is 1. The van der Waals surface area contributed by atoms with Crippen LogP contribution < -0.4 is 5.32 Å². The van der Waals surface area contributed by atoms with Gasteiger partial charge in [-0.15, -0.1) is 12.4 Å². The van der Waals surface area contributed by atoms with Gasteiger partial charge in [0.15, 0.2) is 5.76 Å². The number of likely N-dealkylation sites (tertiary alicyclic amines) is 2. The molecular weight excluding hydrogens is 354 g/mol. The lowest BCUT2D eigenvalue weighted by Crippen LogP contribution is -2.54. The minimum Gasteiger partial charge on any atom is -0.459 e. The molecule has 0 spiro atoms. The van der Waals surface area contributed by atoms with Crippen LogP contribution in [0, 0.1) is 5.92 Å². The van der Waals surface area contributed by atoms with Crippen molar-refractivity contribution in [3.8, 4) is 0 Å². The normalized spacial score (nSPS) is 21.3. The van der Waals surface area contributed by atoms with E-state index in [1.165, 1.54) is 12.7 Å². The summed E-state index contributed by atoms with van der Waals surface area (Å²) in [7, 11) is 1.98. The lowest BCUT2D eigenvalue weighted by atomic mass is 9.92. The van der Waals surface area contributed by atoms with Crippen molar-refractivity contribution >= 4 is 24.2 Å². The van der Waals surface area contributed by atoms with Crippen LogP contribution in [0.15, 0.2) is 22.8 Å². The summed E-state index contributed by atoms with van der Waals surface area (Å²) in [6.07, 6.45) is 7.50. The van der Waals surface area contributed by atoms with Crippen LogP contribution in [0.2, 0.25) is 0 Å². The van der Waals surface area contributed by atoms with Crippen molar-refractivity contribution < 1.29 is 14.0 Å². The van der Waals surface area contributed by atoms with Crippen LogP contribution in [0.4, 0.5) is 0 Å². The van der Waals surface area contributed by atoms with Crippen LogP contribution in [0.1, 0.15) is 49.1 Å². The number of rotatable bonds is 5. The average molecular weight is 384 g/mol. The molecule has 0 aromatic carbocycles. The fraction of sp³-hybridized carbons (Fsp3) is 0.684. The van der Waals surface area contributed by atoms with Gasteiger partial charge in [-0.2, -0.15) is 0 Å². The number of piperidine rings is 2. The zero-order valence-corrected chi connectivity index (χ0v) is 16.3. The third-order valence-electron chi connectivity index (χ3n) is 5.51. The van der Waals surface area contributed by atoms with Gasteiger partial charge in [-0.3, -0.25) is 9.59 Å². The molecule has 1 aromatic rings. The second-order valence-electron chi connectivity index (χ2n) is 7.15. The zero-order valence-electron chi connectivity index (χ0n) is 15.5. The molecule has 3 rings (SSSR count). The zero-order chi connectivity index (χ0) is 17.6. The van der Waals surface area contributed by atoms with Crippen LogP contribution in [-0.4, -0.2) is 60.9 Å². The largest absolute Gasteiger partial charge is 0.459 e. The molecule has 26 heavy (non-hydrogen) atoms. The van der Waals surface area contributed by atoms with Crippen molar-refractivity contribution in [3.05, 3.63) is 24.2 Å². The second-order valence-corrected chi connectivity index (χ2v) is 7.15. The van der Waals surface area contributed by atoms with Gasteiger partial charge in [0.05, 0.1) is 6.26 Å². The molecule has 3 heterocycles. The van der Waals surface area contributed by atoms with Gasteiger partial charge in [0.25, 0.3) is 5.91 Å². The molecule has 2 fully saturated rings. The summed E-state index contributed by atoms with van der Waals surface area (Å²) in [4.78, 5) is 29.4. The lowest BCUT2D eigenvalue weighted by Gasteiger charge is -2.39. The van der Waals surface area contributed by atoms with Gasteiger partial charge in [-0.1, -0.05) is 0 Å². The molecule has 7 heteroatoms. The Kier molecular flexibility index (Phi) is 7.97. The van der Waals surface area contributed by atoms with E-state index in [9.17, 15) is 9.59 Å². The molecule has 0 bridgehead atoms. The van der Waals surface area contributed by atoms with Gasteiger partial charge in [-0.05, 0) is 70.2 Å². The van der Waals surface area contributed by atoms with E-state index in [1.807, 2.05) is 11.9 Å². The highest BCUT2D eigenvalue weighted by atomic mass is 35.5. The van der Waals surface area contributed by atoms with Crippen molar-refractivity contribution in [3.63, 3.8) is 0 Å². The molecular formula is C19H30ClN3O3. The third-order valence-corrected chi connectivity index (χ3v) is 5.51. The summed E-state index contributed by atoms with van der Waals surface area (Å²) in [5.74, 6) is 0.979. The SMILES string of the molecule is CNCCC1CCN(C(=O)C2CCCCN2C(=O)c2ccco2)CC1.Cl. The maximum atomic E-state index is 13.0. The van der Waals surface area contributed by atoms with Gasteiger partial charge in [0.1, 0.15) is 6.04 Å². The van der Waals surface area contributed by atoms with E-state index in [-0.39, 0.29) is 30.3 Å². The Balaban J connectivity index is 0.00000243. The molecule has 2 aliphatic heterocycles. The molecule has 1 unspecified atom stereocenters. The number of carbonyl (C=O) groups is 2. The van der Waals surface area contributed by atoms with E-state index in [1.54, 1.807) is 17.0 Å². The van der Waals surface area contributed by atoms with Gasteiger partial charge >= 0.3 is 0 Å². The smallest absolute Gasteiger partial charge is 0.290 e. The molecule has 2 saturated heterocycles. The van der Waals surface area contributed by atoms with Gasteiger partial charge < -0.3 is 19.5 Å². The van der Waals surface area contributed by atoms with Crippen molar-refractivity contribution in [2.24, 2.45) is 5.92 Å². The lowest BCUT2D eigenvalue weighted by molar-refractivity contribution is -0.138. The van der Waals surface area contributed by atoms with E-state index in [0.29, 0.717) is 18.2 Å². The Bertz CT molecular complexity index is 571. The summed E-state index contributed by atoms with van der Waals surface area (Å²) < 4.78 is 5.25. The highest BCUT2D eigenvalue weighted by molar-refractivity contribution is 5.95. The van der Waals surface area contributed by atoms with Gasteiger partial charge in [-0.25, -0.2) is 0 Å². The van der Waals surface area contributed by atoms with E-state index in [0.717, 1.165) is 51.7 Å². The summed E-state index contributed by atoms with van der Waals surface area (Å²) in [6, 6.07) is 3.05. The quantitative estimate of drug-likeness (QED) is 0.848. The molecule has 0 aliphatic carbocycles. The maximum absolute atomic E-state index is 13.0. The third kappa shape index (κ3) is 4.80. The van der Waals surface area contributed by atoms with Crippen molar-refractivity contribution in [1.29, 1.82) is 0 Å². The molecule has 2 amide bonds. The number of halogens is 1. The summed E-state index contributed by atoms with van der Waals surface area (Å²) in [6.45, 7) is 3.29. The number of nitrogens with one attached hydrogen (secondary N) is 1. The highest BCUT2D eigenvalue weighted by Gasteiger charge is 2.36. The first-order valence-corrected chi connectivity index (χ1v) is 9.48. The maximum Gasteiger partial charge on any atom is 0.290 e. The Morgan fingerprint density at radius 1 is 1.19 bits per heavy atom. The molecule has 0 saturated carbocycles. The minimum atomic E-state index is -0.333. The molecule has 0 radical (unpaired) electrons. The van der Waals surface area contributed by atoms with Gasteiger partial charge in [0, 0.05) is 19.6 Å². The number of amides is 2. The first-order valence-electron chi connectivity index (χ1n) is 9.48. The molecule has 1 atom stereocenters. The highest BCUT2D eigenvalue weighted by Crippen LogP contribution is 2.25. The minimum absolute atomic E-state index is 0. The van der Waals surface area contributed by atoms with Crippen molar-refractivity contribution in [1.82, 2.24) is 15.1 Å². The fourth-order valence-electron chi connectivity index (χ4n) is 3.97. The predicted molar refractivity (Wildman–Crippen MR) is 102 cm³/mol. The first kappa shape index (κ1) is 20.8. The number of carbonyl (C=O) groups excluding carboxylic acids is 2. The van der Waals surface area contributed by atoms with Crippen LogP contribution in [0.5, 0.6) is 0 Å². The molecule has 1 N–H and O–H groups in total. The summed E-state index contributed by atoms with van der Waals surface area (Å²) >= 11 is 0. The molecule has 2 aliphatic rings. The topological polar surface area (TPSA) is 65.8 Å². The fourth-order valence-corrected chi connectivity index (χ4v) is 3.97. The molecule has 6 nitrogen and oxygen atoms in total. The van der Waals surface area contributed by atoms with Crippen LogP contribution in [-0.2, 0) is 4.79 Å². The van der Waals surface area contributed by atoms with Gasteiger partial charge in [0.2, 0.25) is 5.91 Å². The number of furan rings is 1. The Hall–Kier alpha value is -1.53. The predicted octanol–water partition coefficient (Wildman–Crippen LogP) is 2.54. The summed E-state index contributed by atoms with van der Waals surface area (Å²) in [5.41, 5.74) is 0. The van der Waals surface area contributed by atoms with E-state index in [4.69, 9.17) is 4.42 Å². The summed E-state index contributed by atoms with van der Waals surface area (Å²) in [5, 5.41) is 3.20. The number of nitrogens with zero attached hydrogens (tertiary/aromatic N) is 2. The van der Waals surface area contributed by atoms with Crippen molar-refractivity contribution in [2.45, 2.75) is 44.6 Å². The Morgan fingerprint density at radius 3 is 2.62 bits per heavy atom. The van der Waals surface area contributed by atoms with E-state index < -0.39 is 0 Å². The standard InChI is InChI=1S/C19H29N3O3.ClH/c1-20-10-7-15-8-12-21(13-9-15)18(23)16-5-2-3-11-22(16)19(24)17-6-4-14-25-17;/h4,6,14-16,20H,2-3,5,7-13H2,1H3;1H. The number of hydrogen-bond acceptors (Lipinski definition) is 4. The van der Waals surface area contributed by atoms with E-state index >= 15 is 0 Å². The van der Waals surface area contributed by atoms with Crippen molar-refractivity contribution in [2.75, 3.05) is 33.2 Å².